The lowest BCUT2D eigenvalue weighted by molar-refractivity contribution is -0.306. The lowest BCUT2D eigenvalue weighted by Gasteiger charge is -2.40. The van der Waals surface area contributed by atoms with E-state index >= 15 is 0 Å². The summed E-state index contributed by atoms with van der Waals surface area (Å²) in [6.45, 7) is -2.28. The monoisotopic (exact) mass is 358 g/mol. The van der Waals surface area contributed by atoms with Gasteiger partial charge in [-0.3, -0.25) is 0 Å². The molecule has 0 radical (unpaired) electrons. The average Bonchev–Trinajstić information content (AvgIpc) is 2.59. The van der Waals surface area contributed by atoms with Crippen LogP contribution in [0.2, 0.25) is 0 Å². The lowest BCUT2D eigenvalue weighted by Crippen LogP contribution is -2.59. The number of rotatable bonds is 10. The highest BCUT2D eigenvalue weighted by atomic mass is 16.7. The van der Waals surface area contributed by atoms with Crippen LogP contribution in [0.1, 0.15) is 0 Å². The normalized spacial score (nSPS) is 34.8. The standard InChI is InChI=1S/C13H26O11/c14-1-2-22-7(3-15)9(18)6(17)5-23-13-12(21)11(20)10(19)8(4-16)24-13/h6-21H,1-5H2. The molecule has 24 heavy (non-hydrogen) atoms. The van der Waals surface area contributed by atoms with Gasteiger partial charge in [-0.15, -0.1) is 0 Å². The van der Waals surface area contributed by atoms with Crippen molar-refractivity contribution < 1.29 is 55.1 Å². The smallest absolute Gasteiger partial charge is 0.186 e. The van der Waals surface area contributed by atoms with Crippen molar-refractivity contribution in [1.82, 2.24) is 0 Å². The van der Waals surface area contributed by atoms with Crippen molar-refractivity contribution >= 4 is 0 Å². The zero-order chi connectivity index (χ0) is 18.3. The fraction of sp³-hybridized carbons (Fsp3) is 1.00. The van der Waals surface area contributed by atoms with E-state index in [1.54, 1.807) is 0 Å². The van der Waals surface area contributed by atoms with E-state index in [1.807, 2.05) is 0 Å². The Bertz CT molecular complexity index is 342. The second kappa shape index (κ2) is 10.5. The minimum atomic E-state index is -1.63. The molecule has 0 aromatic heterocycles. The average molecular weight is 358 g/mol. The quantitative estimate of drug-likeness (QED) is 0.186. The van der Waals surface area contributed by atoms with Crippen LogP contribution in [0.5, 0.6) is 0 Å². The summed E-state index contributed by atoms with van der Waals surface area (Å²) in [5.74, 6) is 0. The third-order valence-electron chi connectivity index (χ3n) is 3.66. The van der Waals surface area contributed by atoms with Crippen LogP contribution in [0.25, 0.3) is 0 Å². The molecule has 8 unspecified atom stereocenters. The summed E-state index contributed by atoms with van der Waals surface area (Å²) in [6.07, 6.45) is -11.6. The Morgan fingerprint density at radius 3 is 2.17 bits per heavy atom. The first kappa shape index (κ1) is 21.6. The first-order chi connectivity index (χ1) is 11.4. The molecular weight excluding hydrogens is 332 g/mol. The molecular formula is C13H26O11. The maximum atomic E-state index is 9.86. The number of ether oxygens (including phenoxy) is 3. The molecule has 1 fully saturated rings. The summed E-state index contributed by atoms with van der Waals surface area (Å²) in [4.78, 5) is 0. The van der Waals surface area contributed by atoms with E-state index in [4.69, 9.17) is 29.5 Å². The highest BCUT2D eigenvalue weighted by molar-refractivity contribution is 4.89. The van der Waals surface area contributed by atoms with Crippen LogP contribution in [0.4, 0.5) is 0 Å². The third-order valence-corrected chi connectivity index (χ3v) is 3.66. The maximum Gasteiger partial charge on any atom is 0.186 e. The molecule has 0 spiro atoms. The summed E-state index contributed by atoms with van der Waals surface area (Å²) in [5, 5.41) is 75.5. The van der Waals surface area contributed by atoms with Crippen molar-refractivity contribution in [3.63, 3.8) is 0 Å². The molecule has 1 aliphatic heterocycles. The third kappa shape index (κ3) is 5.54. The van der Waals surface area contributed by atoms with Gasteiger partial charge in [0.25, 0.3) is 0 Å². The van der Waals surface area contributed by atoms with Gasteiger partial charge in [-0.2, -0.15) is 0 Å². The molecule has 8 atom stereocenters. The van der Waals surface area contributed by atoms with Gasteiger partial charge in [-0.25, -0.2) is 0 Å². The van der Waals surface area contributed by atoms with Crippen LogP contribution in [-0.2, 0) is 14.2 Å². The predicted molar refractivity (Wildman–Crippen MR) is 75.6 cm³/mol. The SMILES string of the molecule is OCCOC(CO)C(O)C(O)COC1OC(CO)C(O)C(O)C1O. The van der Waals surface area contributed by atoms with E-state index in [0.29, 0.717) is 0 Å². The second-order valence-corrected chi connectivity index (χ2v) is 5.40. The van der Waals surface area contributed by atoms with Gasteiger partial charge in [0.15, 0.2) is 6.29 Å². The molecule has 11 nitrogen and oxygen atoms in total. The van der Waals surface area contributed by atoms with Gasteiger partial charge >= 0.3 is 0 Å². The van der Waals surface area contributed by atoms with Crippen molar-refractivity contribution in [2.24, 2.45) is 0 Å². The first-order valence-corrected chi connectivity index (χ1v) is 7.48. The zero-order valence-electron chi connectivity index (χ0n) is 13.0. The highest BCUT2D eigenvalue weighted by Gasteiger charge is 2.44. The van der Waals surface area contributed by atoms with Crippen molar-refractivity contribution in [1.29, 1.82) is 0 Å². The molecule has 144 valence electrons. The van der Waals surface area contributed by atoms with Crippen LogP contribution in [0, 0.1) is 0 Å². The Labute approximate surface area is 138 Å². The summed E-state index contributed by atoms with van der Waals surface area (Å²) in [7, 11) is 0. The number of hydrogen-bond donors (Lipinski definition) is 8. The molecule has 0 bridgehead atoms. The molecule has 0 amide bonds. The van der Waals surface area contributed by atoms with Crippen LogP contribution < -0.4 is 0 Å². The number of aliphatic hydroxyl groups is 8. The summed E-state index contributed by atoms with van der Waals surface area (Å²) in [6, 6.07) is 0. The van der Waals surface area contributed by atoms with E-state index in [-0.39, 0.29) is 13.2 Å². The van der Waals surface area contributed by atoms with Gasteiger partial charge in [-0.05, 0) is 0 Å². The van der Waals surface area contributed by atoms with Gasteiger partial charge in [0, 0.05) is 0 Å². The molecule has 0 aromatic rings. The molecule has 8 N–H and O–H groups in total. The minimum Gasteiger partial charge on any atom is -0.394 e. The van der Waals surface area contributed by atoms with Crippen LogP contribution in [-0.4, -0.2) is 123 Å². The molecule has 1 saturated heterocycles. The molecule has 1 aliphatic rings. The molecule has 0 saturated carbocycles. The topological polar surface area (TPSA) is 190 Å². The van der Waals surface area contributed by atoms with Crippen LogP contribution in [0.15, 0.2) is 0 Å². The van der Waals surface area contributed by atoms with Gasteiger partial charge in [0.1, 0.15) is 42.7 Å². The first-order valence-electron chi connectivity index (χ1n) is 7.48. The Balaban J connectivity index is 2.53. The van der Waals surface area contributed by atoms with Gasteiger partial charge in [-0.1, -0.05) is 0 Å². The summed E-state index contributed by atoms with van der Waals surface area (Å²) in [5.41, 5.74) is 0. The van der Waals surface area contributed by atoms with Crippen molar-refractivity contribution in [3.05, 3.63) is 0 Å². The Kier molecular flexibility index (Phi) is 9.48. The Morgan fingerprint density at radius 2 is 1.62 bits per heavy atom. The molecule has 0 aliphatic carbocycles. The number of hydrogen-bond acceptors (Lipinski definition) is 11. The van der Waals surface area contributed by atoms with Crippen LogP contribution >= 0.6 is 0 Å². The predicted octanol–water partition coefficient (Wildman–Crippen LogP) is -5.11. The molecule has 1 heterocycles. The molecule has 11 heteroatoms. The van der Waals surface area contributed by atoms with Crippen molar-refractivity contribution in [2.75, 3.05) is 33.0 Å². The van der Waals surface area contributed by atoms with E-state index in [0.717, 1.165) is 0 Å². The zero-order valence-corrected chi connectivity index (χ0v) is 13.0. The molecule has 0 aromatic carbocycles. The fourth-order valence-electron chi connectivity index (χ4n) is 2.21. The van der Waals surface area contributed by atoms with E-state index in [9.17, 15) is 25.5 Å². The minimum absolute atomic E-state index is 0.150. The second-order valence-electron chi connectivity index (χ2n) is 5.40. The maximum absolute atomic E-state index is 9.86. The van der Waals surface area contributed by atoms with E-state index in [2.05, 4.69) is 0 Å². The molecule has 1 rings (SSSR count). The largest absolute Gasteiger partial charge is 0.394 e. The highest BCUT2D eigenvalue weighted by Crippen LogP contribution is 2.22. The van der Waals surface area contributed by atoms with Gasteiger partial charge in [0.2, 0.25) is 0 Å². The van der Waals surface area contributed by atoms with E-state index in [1.165, 1.54) is 0 Å². The number of aliphatic hydroxyl groups excluding tert-OH is 8. The lowest BCUT2D eigenvalue weighted by atomic mass is 9.99. The van der Waals surface area contributed by atoms with Gasteiger partial charge in [0.05, 0.1) is 33.0 Å². The fourth-order valence-corrected chi connectivity index (χ4v) is 2.21. The summed E-state index contributed by atoms with van der Waals surface area (Å²) >= 11 is 0. The Hall–Kier alpha value is -0.440. The van der Waals surface area contributed by atoms with Crippen molar-refractivity contribution in [3.8, 4) is 0 Å². The van der Waals surface area contributed by atoms with E-state index < -0.39 is 68.8 Å². The van der Waals surface area contributed by atoms with Crippen LogP contribution in [0.3, 0.4) is 0 Å². The Morgan fingerprint density at radius 1 is 0.958 bits per heavy atom. The van der Waals surface area contributed by atoms with Gasteiger partial charge < -0.3 is 55.1 Å². The summed E-state index contributed by atoms with van der Waals surface area (Å²) < 4.78 is 15.1. The van der Waals surface area contributed by atoms with Crippen molar-refractivity contribution in [2.45, 2.75) is 49.0 Å².